The van der Waals surface area contributed by atoms with Crippen molar-refractivity contribution in [3.05, 3.63) is 34.9 Å². The number of imide groups is 1. The van der Waals surface area contributed by atoms with Crippen LogP contribution in [0.4, 0.5) is 0 Å². The van der Waals surface area contributed by atoms with Crippen LogP contribution in [0.1, 0.15) is 47.2 Å². The summed E-state index contributed by atoms with van der Waals surface area (Å²) < 4.78 is 0. The second kappa shape index (κ2) is 6.48. The van der Waals surface area contributed by atoms with E-state index in [1.807, 2.05) is 18.2 Å². The molecule has 4 N–H and O–H groups in total. The molecule has 2 heterocycles. The van der Waals surface area contributed by atoms with Gasteiger partial charge in [0.15, 0.2) is 0 Å². The van der Waals surface area contributed by atoms with E-state index in [-0.39, 0.29) is 29.6 Å². The smallest absolute Gasteiger partial charge is 0.255 e. The molecule has 1 aliphatic carbocycles. The van der Waals surface area contributed by atoms with E-state index in [1.54, 1.807) is 4.90 Å². The summed E-state index contributed by atoms with van der Waals surface area (Å²) in [5.41, 5.74) is 8.81. The lowest BCUT2D eigenvalue weighted by atomic mass is 10.0. The zero-order valence-electron chi connectivity index (χ0n) is 14.7. The van der Waals surface area contributed by atoms with Crippen LogP contribution in [0.2, 0.25) is 0 Å². The van der Waals surface area contributed by atoms with Crippen LogP contribution in [0, 0.1) is 5.41 Å². The molecular formula is C19H24N4O3. The minimum Gasteiger partial charge on any atom is -0.330 e. The molecule has 0 spiro atoms. The zero-order valence-corrected chi connectivity index (χ0v) is 14.7. The molecule has 1 saturated heterocycles. The Bertz CT molecular complexity index is 772. The van der Waals surface area contributed by atoms with E-state index in [9.17, 15) is 14.4 Å². The number of hydrogen-bond donors (Lipinski definition) is 3. The summed E-state index contributed by atoms with van der Waals surface area (Å²) in [5.74, 6) is -0.771. The highest BCUT2D eigenvalue weighted by Gasteiger charge is 2.41. The molecule has 2 aliphatic heterocycles. The molecule has 3 aliphatic rings. The molecule has 1 atom stereocenters. The third-order valence-corrected chi connectivity index (χ3v) is 5.88. The number of nitrogens with one attached hydrogen (secondary N) is 2. The van der Waals surface area contributed by atoms with Gasteiger partial charge >= 0.3 is 0 Å². The van der Waals surface area contributed by atoms with Crippen molar-refractivity contribution in [1.29, 1.82) is 0 Å². The van der Waals surface area contributed by atoms with Crippen LogP contribution in [0.25, 0.3) is 0 Å². The summed E-state index contributed by atoms with van der Waals surface area (Å²) in [6.07, 6.45) is 3.00. The zero-order chi connectivity index (χ0) is 18.3. The molecule has 3 amide bonds. The Balaban J connectivity index is 1.47. The number of carbonyl (C=O) groups is 3. The van der Waals surface area contributed by atoms with Crippen molar-refractivity contribution < 1.29 is 14.4 Å². The van der Waals surface area contributed by atoms with E-state index >= 15 is 0 Å². The van der Waals surface area contributed by atoms with Crippen molar-refractivity contribution in [2.75, 3.05) is 13.1 Å². The number of rotatable bonds is 6. The molecule has 0 aromatic heterocycles. The summed E-state index contributed by atoms with van der Waals surface area (Å²) in [6.45, 7) is 2.69. The van der Waals surface area contributed by atoms with Gasteiger partial charge in [0, 0.05) is 31.6 Å². The molecule has 2 fully saturated rings. The van der Waals surface area contributed by atoms with Gasteiger partial charge in [-0.3, -0.25) is 19.7 Å². The first kappa shape index (κ1) is 17.2. The second-order valence-electron chi connectivity index (χ2n) is 7.65. The van der Waals surface area contributed by atoms with E-state index in [2.05, 4.69) is 10.6 Å². The van der Waals surface area contributed by atoms with E-state index in [1.165, 1.54) is 12.8 Å². The summed E-state index contributed by atoms with van der Waals surface area (Å²) >= 11 is 0. The lowest BCUT2D eigenvalue weighted by molar-refractivity contribution is -0.136. The van der Waals surface area contributed by atoms with Gasteiger partial charge < -0.3 is 16.0 Å². The highest BCUT2D eigenvalue weighted by atomic mass is 16.2. The Kier molecular flexibility index (Phi) is 4.28. The lowest BCUT2D eigenvalue weighted by Gasteiger charge is -2.29. The summed E-state index contributed by atoms with van der Waals surface area (Å²) in [6, 6.07) is 5.16. The maximum absolute atomic E-state index is 12.8. The van der Waals surface area contributed by atoms with Gasteiger partial charge in [-0.1, -0.05) is 12.1 Å². The molecule has 4 rings (SSSR count). The normalized spacial score (nSPS) is 23.8. The minimum atomic E-state index is -0.569. The Hall–Kier alpha value is -2.25. The number of hydrogen-bond acceptors (Lipinski definition) is 5. The number of carbonyl (C=O) groups excluding carboxylic acids is 3. The first-order valence-corrected chi connectivity index (χ1v) is 9.19. The van der Waals surface area contributed by atoms with Gasteiger partial charge in [0.1, 0.15) is 6.04 Å². The van der Waals surface area contributed by atoms with Crippen molar-refractivity contribution in [1.82, 2.24) is 15.5 Å². The molecule has 1 aromatic rings. The van der Waals surface area contributed by atoms with Crippen LogP contribution in [0.15, 0.2) is 18.2 Å². The lowest BCUT2D eigenvalue weighted by Crippen LogP contribution is -2.52. The predicted octanol–water partition coefficient (Wildman–Crippen LogP) is 0.276. The van der Waals surface area contributed by atoms with Gasteiger partial charge in [-0.15, -0.1) is 0 Å². The van der Waals surface area contributed by atoms with Crippen molar-refractivity contribution in [2.45, 2.75) is 44.8 Å². The summed E-state index contributed by atoms with van der Waals surface area (Å²) in [5, 5.41) is 5.81. The highest BCUT2D eigenvalue weighted by molar-refractivity contribution is 6.05. The number of nitrogens with two attached hydrogens (primary N) is 1. The minimum absolute atomic E-state index is 0.128. The Labute approximate surface area is 152 Å². The van der Waals surface area contributed by atoms with Crippen LogP contribution in [-0.4, -0.2) is 41.8 Å². The van der Waals surface area contributed by atoms with E-state index in [4.69, 9.17) is 5.73 Å². The van der Waals surface area contributed by atoms with Gasteiger partial charge in [-0.05, 0) is 48.4 Å². The Morgan fingerprint density at radius 2 is 2.08 bits per heavy atom. The molecule has 26 heavy (non-hydrogen) atoms. The van der Waals surface area contributed by atoms with Gasteiger partial charge in [0.2, 0.25) is 11.8 Å². The highest BCUT2D eigenvalue weighted by Crippen LogP contribution is 2.43. The molecular weight excluding hydrogens is 332 g/mol. The van der Waals surface area contributed by atoms with Gasteiger partial charge in [-0.2, -0.15) is 0 Å². The molecule has 138 valence electrons. The first-order chi connectivity index (χ1) is 12.5. The standard InChI is InChI=1S/C19H24N4O3/c20-10-19(6-7-19)11-21-8-12-2-1-3-13-14(12)9-23(18(13)26)15-4-5-16(24)22-17(15)25/h1-3,15,21H,4-11,20H2,(H,22,24,25). The van der Waals surface area contributed by atoms with Crippen molar-refractivity contribution >= 4 is 17.7 Å². The van der Waals surface area contributed by atoms with Gasteiger partial charge in [0.05, 0.1) is 0 Å². The summed E-state index contributed by atoms with van der Waals surface area (Å²) in [7, 11) is 0. The van der Waals surface area contributed by atoms with E-state index in [0.717, 1.165) is 17.7 Å². The molecule has 1 unspecified atom stereocenters. The second-order valence-corrected chi connectivity index (χ2v) is 7.65. The third kappa shape index (κ3) is 3.01. The fraction of sp³-hybridized carbons (Fsp3) is 0.526. The topological polar surface area (TPSA) is 105 Å². The average Bonchev–Trinajstić information content (AvgIpc) is 3.33. The summed E-state index contributed by atoms with van der Waals surface area (Å²) in [4.78, 5) is 37.9. The van der Waals surface area contributed by atoms with Crippen molar-refractivity contribution in [3.63, 3.8) is 0 Å². The molecule has 1 aromatic carbocycles. The van der Waals surface area contributed by atoms with Crippen LogP contribution >= 0.6 is 0 Å². The van der Waals surface area contributed by atoms with Crippen LogP contribution < -0.4 is 16.4 Å². The van der Waals surface area contributed by atoms with Crippen molar-refractivity contribution in [3.8, 4) is 0 Å². The van der Waals surface area contributed by atoms with Crippen LogP contribution in [0.3, 0.4) is 0 Å². The third-order valence-electron chi connectivity index (χ3n) is 5.88. The number of amides is 3. The Morgan fingerprint density at radius 1 is 1.27 bits per heavy atom. The first-order valence-electron chi connectivity index (χ1n) is 9.19. The largest absolute Gasteiger partial charge is 0.330 e. The molecule has 0 bridgehead atoms. The number of benzene rings is 1. The number of piperidine rings is 1. The van der Waals surface area contributed by atoms with Crippen molar-refractivity contribution in [2.24, 2.45) is 11.1 Å². The molecule has 0 radical (unpaired) electrons. The average molecular weight is 356 g/mol. The van der Waals surface area contributed by atoms with E-state index in [0.29, 0.717) is 31.6 Å². The molecule has 7 heteroatoms. The maximum atomic E-state index is 12.8. The fourth-order valence-corrected chi connectivity index (χ4v) is 3.91. The quantitative estimate of drug-likeness (QED) is 0.635. The predicted molar refractivity (Wildman–Crippen MR) is 94.9 cm³/mol. The Morgan fingerprint density at radius 3 is 2.77 bits per heavy atom. The van der Waals surface area contributed by atoms with Gasteiger partial charge in [-0.25, -0.2) is 0 Å². The molecule has 7 nitrogen and oxygen atoms in total. The monoisotopic (exact) mass is 356 g/mol. The van der Waals surface area contributed by atoms with E-state index < -0.39 is 6.04 Å². The fourth-order valence-electron chi connectivity index (χ4n) is 3.91. The van der Waals surface area contributed by atoms with Crippen LogP contribution in [0.5, 0.6) is 0 Å². The molecule has 1 saturated carbocycles. The number of nitrogens with zero attached hydrogens (tertiary/aromatic N) is 1. The van der Waals surface area contributed by atoms with Crippen LogP contribution in [-0.2, 0) is 22.7 Å². The maximum Gasteiger partial charge on any atom is 0.255 e. The van der Waals surface area contributed by atoms with Gasteiger partial charge in [0.25, 0.3) is 5.91 Å². The SMILES string of the molecule is NCC1(CNCc2cccc3c2CN(C2CCC(=O)NC2=O)C3=O)CC1. The number of fused-ring (bicyclic) bond motifs is 1.